The van der Waals surface area contributed by atoms with Gasteiger partial charge in [0, 0.05) is 36.9 Å². The molecule has 0 aliphatic carbocycles. The molecule has 1 N–H and O–H groups in total. The predicted molar refractivity (Wildman–Crippen MR) is 95.5 cm³/mol. The van der Waals surface area contributed by atoms with Crippen LogP contribution in [0.1, 0.15) is 28.8 Å². The number of carboxylic acids is 1. The van der Waals surface area contributed by atoms with E-state index in [-0.39, 0.29) is 11.9 Å². The summed E-state index contributed by atoms with van der Waals surface area (Å²) < 4.78 is 0. The highest BCUT2D eigenvalue weighted by atomic mass is 32.1. The molecule has 1 amide bonds. The fourth-order valence-corrected chi connectivity index (χ4v) is 3.91. The van der Waals surface area contributed by atoms with Crippen LogP contribution in [-0.4, -0.2) is 57.4 Å². The van der Waals surface area contributed by atoms with Gasteiger partial charge in [-0.05, 0) is 43.0 Å². The van der Waals surface area contributed by atoms with Gasteiger partial charge in [-0.15, -0.1) is 0 Å². The van der Waals surface area contributed by atoms with Crippen LogP contribution in [0.25, 0.3) is 0 Å². The fraction of sp³-hybridized carbons (Fsp3) is 0.389. The van der Waals surface area contributed by atoms with Gasteiger partial charge in [0.25, 0.3) is 5.91 Å². The minimum Gasteiger partial charge on any atom is -0.480 e. The highest BCUT2D eigenvalue weighted by molar-refractivity contribution is 7.08. The summed E-state index contributed by atoms with van der Waals surface area (Å²) in [6.07, 6.45) is 4.75. The lowest BCUT2D eigenvalue weighted by Crippen LogP contribution is -2.54. The van der Waals surface area contributed by atoms with Crippen molar-refractivity contribution in [2.75, 3.05) is 13.6 Å². The van der Waals surface area contributed by atoms with Crippen molar-refractivity contribution >= 4 is 23.2 Å². The number of carbonyl (C=O) groups is 2. The van der Waals surface area contributed by atoms with Crippen molar-refractivity contribution in [2.45, 2.75) is 31.5 Å². The van der Waals surface area contributed by atoms with Gasteiger partial charge in [-0.1, -0.05) is 6.07 Å². The number of amides is 1. The highest BCUT2D eigenvalue weighted by Gasteiger charge is 2.37. The number of rotatable bonds is 5. The zero-order valence-electron chi connectivity index (χ0n) is 14.0. The Kier molecular flexibility index (Phi) is 5.45. The quantitative estimate of drug-likeness (QED) is 0.887. The molecule has 0 unspecified atom stereocenters. The van der Waals surface area contributed by atoms with Crippen molar-refractivity contribution in [3.63, 3.8) is 0 Å². The summed E-state index contributed by atoms with van der Waals surface area (Å²) in [5.74, 6) is -1.13. The lowest BCUT2D eigenvalue weighted by molar-refractivity contribution is -0.144. The number of piperidine rings is 1. The van der Waals surface area contributed by atoms with Crippen molar-refractivity contribution in [3.05, 3.63) is 52.5 Å². The summed E-state index contributed by atoms with van der Waals surface area (Å²) in [4.78, 5) is 32.1. The first-order chi connectivity index (χ1) is 12.1. The maximum Gasteiger partial charge on any atom is 0.326 e. The number of nitrogens with zero attached hydrogens (tertiary/aromatic N) is 3. The third-order valence-electron chi connectivity index (χ3n) is 4.67. The van der Waals surface area contributed by atoms with E-state index in [9.17, 15) is 14.7 Å². The average Bonchev–Trinajstić information content (AvgIpc) is 3.16. The molecule has 3 heterocycles. The zero-order chi connectivity index (χ0) is 17.8. The van der Waals surface area contributed by atoms with Gasteiger partial charge in [-0.25, -0.2) is 4.79 Å². The summed E-state index contributed by atoms with van der Waals surface area (Å²) in [7, 11) is 1.99. The van der Waals surface area contributed by atoms with E-state index in [1.54, 1.807) is 17.6 Å². The van der Waals surface area contributed by atoms with E-state index >= 15 is 0 Å². The number of hydrogen-bond acceptors (Lipinski definition) is 5. The maximum atomic E-state index is 12.6. The highest BCUT2D eigenvalue weighted by Crippen LogP contribution is 2.25. The minimum absolute atomic E-state index is 0.118. The van der Waals surface area contributed by atoms with Crippen LogP contribution in [0.2, 0.25) is 0 Å². The van der Waals surface area contributed by atoms with Crippen LogP contribution in [0.5, 0.6) is 0 Å². The average molecular weight is 359 g/mol. The molecule has 3 rings (SSSR count). The monoisotopic (exact) mass is 359 g/mol. The van der Waals surface area contributed by atoms with E-state index in [2.05, 4.69) is 9.88 Å². The molecule has 2 atom stereocenters. The Bertz CT molecular complexity index is 720. The molecule has 7 heteroatoms. The Labute approximate surface area is 150 Å². The number of carbonyl (C=O) groups excluding carboxylic acids is 1. The van der Waals surface area contributed by atoms with Crippen molar-refractivity contribution in [1.29, 1.82) is 0 Å². The Balaban J connectivity index is 1.68. The lowest BCUT2D eigenvalue weighted by Gasteiger charge is -2.40. The second kappa shape index (κ2) is 7.76. The van der Waals surface area contributed by atoms with Gasteiger partial charge in [0.2, 0.25) is 0 Å². The second-order valence-corrected chi connectivity index (χ2v) is 7.10. The minimum atomic E-state index is -0.942. The molecule has 2 aromatic heterocycles. The lowest BCUT2D eigenvalue weighted by atomic mass is 9.95. The van der Waals surface area contributed by atoms with Crippen LogP contribution < -0.4 is 0 Å². The molecule has 25 heavy (non-hydrogen) atoms. The predicted octanol–water partition coefficient (Wildman–Crippen LogP) is 2.33. The molecule has 6 nitrogen and oxygen atoms in total. The number of aliphatic carboxylic acids is 1. The van der Waals surface area contributed by atoms with E-state index in [4.69, 9.17) is 0 Å². The number of carboxylic acid groups (broad SMARTS) is 1. The van der Waals surface area contributed by atoms with Crippen LogP contribution in [0.15, 0.2) is 41.4 Å². The molecule has 1 aliphatic heterocycles. The van der Waals surface area contributed by atoms with E-state index in [1.807, 2.05) is 30.8 Å². The van der Waals surface area contributed by atoms with E-state index in [0.717, 1.165) is 12.0 Å². The Hall–Kier alpha value is -2.25. The summed E-state index contributed by atoms with van der Waals surface area (Å²) in [6, 6.07) is 4.97. The van der Waals surface area contributed by atoms with Crippen LogP contribution >= 0.6 is 11.3 Å². The van der Waals surface area contributed by atoms with Crippen molar-refractivity contribution in [2.24, 2.45) is 0 Å². The normalized spacial score (nSPS) is 20.6. The molecule has 0 aromatic carbocycles. The van der Waals surface area contributed by atoms with Gasteiger partial charge in [0.15, 0.2) is 0 Å². The van der Waals surface area contributed by atoms with Crippen molar-refractivity contribution in [3.8, 4) is 0 Å². The SMILES string of the molecule is CN(Cc1cccnc1)[C@H]1CCN(C(=O)c2ccsc2)[C@H](C(=O)O)C1. The summed E-state index contributed by atoms with van der Waals surface area (Å²) in [6.45, 7) is 1.16. The summed E-state index contributed by atoms with van der Waals surface area (Å²) in [5.41, 5.74) is 1.66. The van der Waals surface area contributed by atoms with Gasteiger partial charge in [0.05, 0.1) is 5.56 Å². The number of aromatic nitrogens is 1. The standard InChI is InChI=1S/C18H21N3O3S/c1-20(11-13-3-2-6-19-10-13)15-4-7-21(16(9-15)18(23)24)17(22)14-5-8-25-12-14/h2-3,5-6,8,10,12,15-16H,4,7,9,11H2,1H3,(H,23,24)/t15-,16-/m0/s1. The Morgan fingerprint density at radius 3 is 2.92 bits per heavy atom. The number of pyridine rings is 1. The van der Waals surface area contributed by atoms with Gasteiger partial charge < -0.3 is 10.0 Å². The third kappa shape index (κ3) is 4.05. The number of thiophene rings is 1. The topological polar surface area (TPSA) is 73.7 Å². The molecule has 0 radical (unpaired) electrons. The first kappa shape index (κ1) is 17.6. The molecule has 0 spiro atoms. The first-order valence-electron chi connectivity index (χ1n) is 8.21. The molecule has 1 fully saturated rings. The van der Waals surface area contributed by atoms with Crippen molar-refractivity contribution in [1.82, 2.24) is 14.8 Å². The molecular formula is C18H21N3O3S. The van der Waals surface area contributed by atoms with Gasteiger partial charge >= 0.3 is 5.97 Å². The van der Waals surface area contributed by atoms with Gasteiger partial charge in [-0.3, -0.25) is 14.7 Å². The van der Waals surface area contributed by atoms with E-state index in [1.165, 1.54) is 16.2 Å². The van der Waals surface area contributed by atoms with Gasteiger partial charge in [-0.2, -0.15) is 11.3 Å². The van der Waals surface area contributed by atoms with E-state index < -0.39 is 12.0 Å². The van der Waals surface area contributed by atoms with Crippen LogP contribution in [0.3, 0.4) is 0 Å². The van der Waals surface area contributed by atoms with Crippen LogP contribution in [0, 0.1) is 0 Å². The molecule has 132 valence electrons. The molecule has 0 saturated carbocycles. The van der Waals surface area contributed by atoms with Gasteiger partial charge in [0.1, 0.15) is 6.04 Å². The molecule has 1 aliphatic rings. The summed E-state index contributed by atoms with van der Waals surface area (Å²) in [5, 5.41) is 13.2. The first-order valence-corrected chi connectivity index (χ1v) is 9.15. The maximum absolute atomic E-state index is 12.6. The second-order valence-electron chi connectivity index (χ2n) is 6.32. The molecule has 1 saturated heterocycles. The smallest absolute Gasteiger partial charge is 0.326 e. The molecular weight excluding hydrogens is 338 g/mol. The largest absolute Gasteiger partial charge is 0.480 e. The Morgan fingerprint density at radius 1 is 1.44 bits per heavy atom. The zero-order valence-corrected chi connectivity index (χ0v) is 14.9. The van der Waals surface area contributed by atoms with Crippen LogP contribution in [0.4, 0.5) is 0 Å². The van der Waals surface area contributed by atoms with Crippen LogP contribution in [-0.2, 0) is 11.3 Å². The molecule has 2 aromatic rings. The van der Waals surface area contributed by atoms with Crippen molar-refractivity contribution < 1.29 is 14.7 Å². The fourth-order valence-electron chi connectivity index (χ4n) is 3.29. The Morgan fingerprint density at radius 2 is 2.28 bits per heavy atom. The molecule has 0 bridgehead atoms. The number of likely N-dealkylation sites (tertiary alicyclic amines) is 1. The van der Waals surface area contributed by atoms with E-state index in [0.29, 0.717) is 25.1 Å². The summed E-state index contributed by atoms with van der Waals surface area (Å²) >= 11 is 1.44. The number of hydrogen-bond donors (Lipinski definition) is 1. The third-order valence-corrected chi connectivity index (χ3v) is 5.35.